The molecule has 0 amide bonds. The van der Waals surface area contributed by atoms with Crippen LogP contribution in [0.4, 0.5) is 0 Å². The monoisotopic (exact) mass is 282 g/mol. The highest BCUT2D eigenvalue weighted by atomic mass is 16.3. The summed E-state index contributed by atoms with van der Waals surface area (Å²) in [6.07, 6.45) is 3.69. The third-order valence-corrected chi connectivity index (χ3v) is 3.77. The van der Waals surface area contributed by atoms with Gasteiger partial charge in [-0.1, -0.05) is 0 Å². The van der Waals surface area contributed by atoms with Crippen LogP contribution < -0.4 is 0 Å². The number of furan rings is 1. The van der Waals surface area contributed by atoms with Gasteiger partial charge < -0.3 is 4.42 Å². The molecule has 2 aromatic heterocycles. The molecule has 5 nitrogen and oxygen atoms in total. The van der Waals surface area contributed by atoms with Crippen LogP contribution in [0.1, 0.15) is 17.1 Å². The minimum absolute atomic E-state index is 0.390. The molecular formula is C16H18N4O. The van der Waals surface area contributed by atoms with Crippen molar-refractivity contribution in [3.8, 4) is 6.07 Å². The Bertz CT molecular complexity index is 609. The van der Waals surface area contributed by atoms with Gasteiger partial charge in [0.25, 0.3) is 0 Å². The summed E-state index contributed by atoms with van der Waals surface area (Å²) in [5.41, 5.74) is 1.31. The number of pyridine rings is 1. The Balaban J connectivity index is 1.48. The largest absolute Gasteiger partial charge is 0.449 e. The highest BCUT2D eigenvalue weighted by molar-refractivity contribution is 5.19. The summed E-state index contributed by atoms with van der Waals surface area (Å²) >= 11 is 0. The van der Waals surface area contributed by atoms with E-state index in [1.807, 2.05) is 24.5 Å². The molecule has 0 bridgehead atoms. The number of hydrogen-bond acceptors (Lipinski definition) is 5. The summed E-state index contributed by atoms with van der Waals surface area (Å²) in [6, 6.07) is 9.78. The van der Waals surface area contributed by atoms with Gasteiger partial charge >= 0.3 is 0 Å². The fraction of sp³-hybridized carbons (Fsp3) is 0.375. The molecule has 3 rings (SSSR count). The first-order valence-corrected chi connectivity index (χ1v) is 7.16. The Morgan fingerprint density at radius 2 is 1.67 bits per heavy atom. The van der Waals surface area contributed by atoms with Crippen molar-refractivity contribution < 1.29 is 4.42 Å². The number of nitriles is 1. The highest BCUT2D eigenvalue weighted by Gasteiger charge is 2.18. The predicted octanol–water partition coefficient (Wildman–Crippen LogP) is 1.86. The third kappa shape index (κ3) is 3.69. The van der Waals surface area contributed by atoms with E-state index in [2.05, 4.69) is 26.9 Å². The van der Waals surface area contributed by atoms with Gasteiger partial charge in [0.15, 0.2) is 0 Å². The van der Waals surface area contributed by atoms with Crippen LogP contribution in [-0.4, -0.2) is 41.0 Å². The second kappa shape index (κ2) is 6.53. The van der Waals surface area contributed by atoms with E-state index < -0.39 is 0 Å². The van der Waals surface area contributed by atoms with Gasteiger partial charge in [0.2, 0.25) is 5.76 Å². The van der Waals surface area contributed by atoms with E-state index in [0.29, 0.717) is 5.76 Å². The Kier molecular flexibility index (Phi) is 4.29. The topological polar surface area (TPSA) is 56.3 Å². The molecule has 0 aliphatic carbocycles. The van der Waals surface area contributed by atoms with E-state index in [1.165, 1.54) is 5.56 Å². The summed E-state index contributed by atoms with van der Waals surface area (Å²) in [6.45, 7) is 5.91. The lowest BCUT2D eigenvalue weighted by Crippen LogP contribution is -2.45. The van der Waals surface area contributed by atoms with E-state index in [9.17, 15) is 0 Å². The fourth-order valence-electron chi connectivity index (χ4n) is 2.60. The molecule has 0 atom stereocenters. The minimum Gasteiger partial charge on any atom is -0.449 e. The van der Waals surface area contributed by atoms with Gasteiger partial charge in [-0.15, -0.1) is 0 Å². The zero-order valence-electron chi connectivity index (χ0n) is 11.9. The summed E-state index contributed by atoms with van der Waals surface area (Å²) in [5, 5.41) is 8.76. The molecule has 108 valence electrons. The van der Waals surface area contributed by atoms with Gasteiger partial charge in [0, 0.05) is 45.1 Å². The molecule has 21 heavy (non-hydrogen) atoms. The lowest BCUT2D eigenvalue weighted by Gasteiger charge is -2.34. The zero-order valence-corrected chi connectivity index (χ0v) is 11.9. The van der Waals surface area contributed by atoms with Crippen LogP contribution >= 0.6 is 0 Å². The van der Waals surface area contributed by atoms with E-state index in [0.717, 1.165) is 45.0 Å². The molecule has 0 saturated carbocycles. The quantitative estimate of drug-likeness (QED) is 0.856. The van der Waals surface area contributed by atoms with Crippen LogP contribution in [0.2, 0.25) is 0 Å². The molecule has 3 heterocycles. The molecule has 1 aliphatic heterocycles. The molecule has 0 unspecified atom stereocenters. The van der Waals surface area contributed by atoms with Crippen molar-refractivity contribution in [2.45, 2.75) is 13.1 Å². The second-order valence-corrected chi connectivity index (χ2v) is 5.29. The van der Waals surface area contributed by atoms with E-state index in [1.54, 1.807) is 6.07 Å². The highest BCUT2D eigenvalue weighted by Crippen LogP contribution is 2.13. The van der Waals surface area contributed by atoms with E-state index in [4.69, 9.17) is 9.68 Å². The average molecular weight is 282 g/mol. The van der Waals surface area contributed by atoms with Crippen LogP contribution in [-0.2, 0) is 13.1 Å². The summed E-state index contributed by atoms with van der Waals surface area (Å²) in [7, 11) is 0. The van der Waals surface area contributed by atoms with Crippen molar-refractivity contribution in [1.29, 1.82) is 5.26 Å². The summed E-state index contributed by atoms with van der Waals surface area (Å²) in [5.74, 6) is 1.26. The number of rotatable bonds is 4. The fourth-order valence-corrected chi connectivity index (χ4v) is 2.60. The first kappa shape index (κ1) is 13.8. The predicted molar refractivity (Wildman–Crippen MR) is 78.2 cm³/mol. The Hall–Kier alpha value is -2.16. The van der Waals surface area contributed by atoms with Crippen LogP contribution in [0.15, 0.2) is 41.1 Å². The maximum atomic E-state index is 8.76. The number of piperazine rings is 1. The van der Waals surface area contributed by atoms with Crippen molar-refractivity contribution in [3.05, 3.63) is 53.7 Å². The molecule has 1 saturated heterocycles. The number of nitrogens with zero attached hydrogens (tertiary/aromatic N) is 4. The second-order valence-electron chi connectivity index (χ2n) is 5.29. The standard InChI is InChI=1S/C16H18N4O/c17-11-15-1-2-16(21-15)13-20-9-7-19(8-10-20)12-14-3-5-18-6-4-14/h1-6H,7-10,12-13H2. The number of aromatic nitrogens is 1. The SMILES string of the molecule is N#Cc1ccc(CN2CCN(Cc3ccncc3)CC2)o1. The Morgan fingerprint density at radius 1 is 1.00 bits per heavy atom. The maximum absolute atomic E-state index is 8.76. The Labute approximate surface area is 124 Å². The molecule has 0 spiro atoms. The van der Waals surface area contributed by atoms with Gasteiger partial charge in [-0.2, -0.15) is 5.26 Å². The molecule has 0 aromatic carbocycles. The normalized spacial score (nSPS) is 16.7. The van der Waals surface area contributed by atoms with Gasteiger partial charge in [0.1, 0.15) is 11.8 Å². The lowest BCUT2D eigenvalue weighted by molar-refractivity contribution is 0.116. The summed E-state index contributed by atoms with van der Waals surface area (Å²) in [4.78, 5) is 8.86. The molecule has 0 radical (unpaired) electrons. The Morgan fingerprint density at radius 3 is 2.29 bits per heavy atom. The summed E-state index contributed by atoms with van der Waals surface area (Å²) < 4.78 is 5.43. The van der Waals surface area contributed by atoms with Crippen LogP contribution in [0.3, 0.4) is 0 Å². The van der Waals surface area contributed by atoms with Crippen LogP contribution in [0.25, 0.3) is 0 Å². The third-order valence-electron chi connectivity index (χ3n) is 3.77. The van der Waals surface area contributed by atoms with Crippen molar-refractivity contribution in [2.24, 2.45) is 0 Å². The van der Waals surface area contributed by atoms with Gasteiger partial charge in [-0.25, -0.2) is 0 Å². The molecular weight excluding hydrogens is 264 g/mol. The molecule has 0 N–H and O–H groups in total. The van der Waals surface area contributed by atoms with Gasteiger partial charge in [-0.3, -0.25) is 14.8 Å². The van der Waals surface area contributed by atoms with Crippen molar-refractivity contribution in [3.63, 3.8) is 0 Å². The average Bonchev–Trinajstić information content (AvgIpc) is 2.98. The van der Waals surface area contributed by atoms with Crippen molar-refractivity contribution >= 4 is 0 Å². The van der Waals surface area contributed by atoms with Gasteiger partial charge in [-0.05, 0) is 29.8 Å². The molecule has 1 aliphatic rings. The first-order valence-electron chi connectivity index (χ1n) is 7.16. The molecule has 2 aromatic rings. The first-order chi connectivity index (χ1) is 10.3. The smallest absolute Gasteiger partial charge is 0.203 e. The zero-order chi connectivity index (χ0) is 14.5. The number of hydrogen-bond donors (Lipinski definition) is 0. The van der Waals surface area contributed by atoms with Crippen LogP contribution in [0, 0.1) is 11.3 Å². The van der Waals surface area contributed by atoms with Crippen molar-refractivity contribution in [2.75, 3.05) is 26.2 Å². The minimum atomic E-state index is 0.390. The van der Waals surface area contributed by atoms with Gasteiger partial charge in [0.05, 0.1) is 6.54 Å². The molecule has 5 heteroatoms. The van der Waals surface area contributed by atoms with E-state index >= 15 is 0 Å². The maximum Gasteiger partial charge on any atom is 0.203 e. The van der Waals surface area contributed by atoms with E-state index in [-0.39, 0.29) is 0 Å². The van der Waals surface area contributed by atoms with Crippen molar-refractivity contribution in [1.82, 2.24) is 14.8 Å². The molecule has 1 fully saturated rings. The lowest BCUT2D eigenvalue weighted by atomic mass is 10.2. The van der Waals surface area contributed by atoms with Crippen LogP contribution in [0.5, 0.6) is 0 Å².